The van der Waals surface area contributed by atoms with Gasteiger partial charge in [-0.05, 0) is 57.2 Å². The van der Waals surface area contributed by atoms with Crippen molar-refractivity contribution in [2.45, 2.75) is 57.7 Å². The summed E-state index contributed by atoms with van der Waals surface area (Å²) in [6.45, 7) is -1.19. The third kappa shape index (κ3) is 6.25. The van der Waals surface area contributed by atoms with Crippen molar-refractivity contribution in [2.24, 2.45) is 5.92 Å². The largest absolute Gasteiger partial charge is 0.432 e. The van der Waals surface area contributed by atoms with Gasteiger partial charge in [-0.15, -0.1) is 0 Å². The summed E-state index contributed by atoms with van der Waals surface area (Å²) in [6.07, 6.45) is 1.96. The number of amides is 1. The Bertz CT molecular complexity index is 910. The molecule has 1 amide bonds. The summed E-state index contributed by atoms with van der Waals surface area (Å²) >= 11 is 0. The number of alkyl halides is 4. The highest BCUT2D eigenvalue weighted by Gasteiger charge is 2.24. The van der Waals surface area contributed by atoms with Crippen LogP contribution in [-0.2, 0) is 0 Å². The first-order valence-electron chi connectivity index (χ1n) is 10.1. The van der Waals surface area contributed by atoms with Crippen LogP contribution in [0.25, 0.3) is 10.9 Å². The van der Waals surface area contributed by atoms with Crippen molar-refractivity contribution in [3.05, 3.63) is 35.8 Å². The molecule has 31 heavy (non-hydrogen) atoms. The van der Waals surface area contributed by atoms with E-state index in [0.29, 0.717) is 6.54 Å². The van der Waals surface area contributed by atoms with Crippen LogP contribution in [0.4, 0.5) is 22.0 Å². The predicted molar refractivity (Wildman–Crippen MR) is 107 cm³/mol. The molecule has 1 saturated carbocycles. The first kappa shape index (κ1) is 23.2. The number of nitrogens with one attached hydrogen (secondary N) is 2. The van der Waals surface area contributed by atoms with Gasteiger partial charge in [0.05, 0.1) is 17.1 Å². The monoisotopic (exact) mass is 447 g/mol. The number of rotatable bonds is 8. The normalized spacial score (nSPS) is 20.3. The Morgan fingerprint density at radius 3 is 2.55 bits per heavy atom. The van der Waals surface area contributed by atoms with E-state index in [1.807, 2.05) is 0 Å². The van der Waals surface area contributed by atoms with Crippen LogP contribution in [0.1, 0.15) is 44.4 Å². The number of carbonyl (C=O) groups is 1. The minimum Gasteiger partial charge on any atom is -0.432 e. The molecule has 1 aliphatic carbocycles. The first-order valence-corrected chi connectivity index (χ1v) is 10.1. The molecule has 1 fully saturated rings. The smallest absolute Gasteiger partial charge is 0.387 e. The number of hydrogen-bond acceptors (Lipinski definition) is 4. The van der Waals surface area contributed by atoms with Gasteiger partial charge in [-0.25, -0.2) is 13.2 Å². The van der Waals surface area contributed by atoms with Gasteiger partial charge in [-0.3, -0.25) is 9.78 Å². The summed E-state index contributed by atoms with van der Waals surface area (Å²) in [5.41, 5.74) is 0.448. The standard InChI is InChI=1S/C21H24F5N3O2.H2/c1-11(19(23)24)27-9-12-2-4-15(5-3-12)29-20(30)14-6-13-7-16(22)18(31-21(25)26)8-17(13)28-10-14;/h6-8,10-12,15,19,21,27H,2-5,9H2,1H3,(H,29,30);1H. The topological polar surface area (TPSA) is 63.2 Å². The summed E-state index contributed by atoms with van der Waals surface area (Å²) < 4.78 is 67.9. The molecule has 0 saturated heterocycles. The van der Waals surface area contributed by atoms with E-state index in [9.17, 15) is 26.7 Å². The van der Waals surface area contributed by atoms with Gasteiger partial charge in [0.25, 0.3) is 12.3 Å². The number of aromatic nitrogens is 1. The Balaban J connectivity index is 0.00000363. The van der Waals surface area contributed by atoms with Gasteiger partial charge >= 0.3 is 6.61 Å². The second-order valence-electron chi connectivity index (χ2n) is 7.80. The lowest BCUT2D eigenvalue weighted by Crippen LogP contribution is -2.41. The Hall–Kier alpha value is -2.49. The highest BCUT2D eigenvalue weighted by atomic mass is 19.3. The lowest BCUT2D eigenvalue weighted by Gasteiger charge is -2.30. The summed E-state index contributed by atoms with van der Waals surface area (Å²) in [5.74, 6) is -1.67. The molecule has 0 radical (unpaired) electrons. The van der Waals surface area contributed by atoms with Crippen LogP contribution in [0.3, 0.4) is 0 Å². The number of carbonyl (C=O) groups excluding carboxylic acids is 1. The zero-order valence-corrected chi connectivity index (χ0v) is 16.9. The molecule has 2 N–H and O–H groups in total. The van der Waals surface area contributed by atoms with Crippen LogP contribution >= 0.6 is 0 Å². The molecule has 3 rings (SSSR count). The van der Waals surface area contributed by atoms with E-state index in [1.165, 1.54) is 19.2 Å². The van der Waals surface area contributed by atoms with Gasteiger partial charge < -0.3 is 15.4 Å². The van der Waals surface area contributed by atoms with E-state index in [4.69, 9.17) is 0 Å². The summed E-state index contributed by atoms with van der Waals surface area (Å²) in [6, 6.07) is 2.60. The Labute approximate surface area is 177 Å². The van der Waals surface area contributed by atoms with E-state index in [-0.39, 0.29) is 35.8 Å². The molecule has 1 heterocycles. The molecule has 0 spiro atoms. The van der Waals surface area contributed by atoms with E-state index in [0.717, 1.165) is 37.8 Å². The minimum atomic E-state index is -3.16. The summed E-state index contributed by atoms with van der Waals surface area (Å²) in [7, 11) is 0. The minimum absolute atomic E-state index is 0. The predicted octanol–water partition coefficient (Wildman–Crippen LogP) is 4.75. The van der Waals surface area contributed by atoms with Crippen LogP contribution in [0.15, 0.2) is 24.4 Å². The highest BCUT2D eigenvalue weighted by Crippen LogP contribution is 2.27. The average Bonchev–Trinajstić information content (AvgIpc) is 2.72. The van der Waals surface area contributed by atoms with Crippen molar-refractivity contribution in [3.8, 4) is 5.75 Å². The maximum absolute atomic E-state index is 13.9. The molecule has 1 aromatic carbocycles. The molecule has 0 bridgehead atoms. The van der Waals surface area contributed by atoms with Crippen LogP contribution < -0.4 is 15.4 Å². The van der Waals surface area contributed by atoms with E-state index >= 15 is 0 Å². The number of fused-ring (bicyclic) bond motifs is 1. The summed E-state index contributed by atoms with van der Waals surface area (Å²) in [5, 5.41) is 6.05. The molecule has 172 valence electrons. The fourth-order valence-electron chi connectivity index (χ4n) is 3.66. The lowest BCUT2D eigenvalue weighted by atomic mass is 9.85. The average molecular weight is 447 g/mol. The molecule has 1 unspecified atom stereocenters. The third-order valence-corrected chi connectivity index (χ3v) is 5.50. The van der Waals surface area contributed by atoms with Crippen molar-refractivity contribution < 1.29 is 32.9 Å². The molecule has 10 heteroatoms. The van der Waals surface area contributed by atoms with E-state index in [2.05, 4.69) is 20.4 Å². The first-order chi connectivity index (χ1) is 14.7. The molecular weight excluding hydrogens is 421 g/mol. The number of hydrogen-bond donors (Lipinski definition) is 2. The molecule has 1 atom stereocenters. The van der Waals surface area contributed by atoms with Gasteiger partial charge in [0, 0.05) is 25.1 Å². The lowest BCUT2D eigenvalue weighted by molar-refractivity contribution is -0.0520. The molecular formula is C21H26F5N3O2. The fraction of sp³-hybridized carbons (Fsp3) is 0.524. The van der Waals surface area contributed by atoms with E-state index in [1.54, 1.807) is 0 Å². The second-order valence-corrected chi connectivity index (χ2v) is 7.80. The third-order valence-electron chi connectivity index (χ3n) is 5.50. The SMILES string of the molecule is CC(NCC1CCC(NC(=O)c2cnc3cc(OC(F)F)c(F)cc3c2)CC1)C(F)F.[HH]. The number of nitrogens with zero attached hydrogens (tertiary/aromatic N) is 1. The van der Waals surface area contributed by atoms with Crippen LogP contribution in [0.5, 0.6) is 5.75 Å². The van der Waals surface area contributed by atoms with Crippen molar-refractivity contribution in [3.63, 3.8) is 0 Å². The molecule has 0 aliphatic heterocycles. The number of ether oxygens (including phenoxy) is 1. The maximum Gasteiger partial charge on any atom is 0.387 e. The van der Waals surface area contributed by atoms with Gasteiger partial charge in [0.1, 0.15) is 0 Å². The van der Waals surface area contributed by atoms with E-state index < -0.39 is 30.6 Å². The summed E-state index contributed by atoms with van der Waals surface area (Å²) in [4.78, 5) is 16.6. The van der Waals surface area contributed by atoms with Crippen LogP contribution in [0.2, 0.25) is 0 Å². The Morgan fingerprint density at radius 1 is 1.19 bits per heavy atom. The quantitative estimate of drug-likeness (QED) is 0.573. The Morgan fingerprint density at radius 2 is 1.90 bits per heavy atom. The second kappa shape index (κ2) is 10.2. The van der Waals surface area contributed by atoms with Gasteiger partial charge in [-0.2, -0.15) is 8.78 Å². The van der Waals surface area contributed by atoms with Crippen LogP contribution in [-0.4, -0.2) is 42.6 Å². The highest BCUT2D eigenvalue weighted by molar-refractivity contribution is 5.97. The van der Waals surface area contributed by atoms with Crippen LogP contribution in [0, 0.1) is 11.7 Å². The zero-order valence-electron chi connectivity index (χ0n) is 16.9. The number of halogens is 5. The van der Waals surface area contributed by atoms with Gasteiger partial charge in [-0.1, -0.05) is 0 Å². The number of benzene rings is 1. The molecule has 1 aromatic heterocycles. The number of pyridine rings is 1. The maximum atomic E-state index is 13.9. The molecule has 5 nitrogen and oxygen atoms in total. The molecule has 1 aliphatic rings. The van der Waals surface area contributed by atoms with Crippen molar-refractivity contribution in [1.29, 1.82) is 0 Å². The molecule has 2 aromatic rings. The van der Waals surface area contributed by atoms with Gasteiger partial charge in [0.2, 0.25) is 0 Å². The zero-order chi connectivity index (χ0) is 22.5. The van der Waals surface area contributed by atoms with Crippen molar-refractivity contribution in [1.82, 2.24) is 15.6 Å². The van der Waals surface area contributed by atoms with Crippen molar-refractivity contribution >= 4 is 16.8 Å². The Kier molecular flexibility index (Phi) is 7.64. The fourth-order valence-corrected chi connectivity index (χ4v) is 3.66. The van der Waals surface area contributed by atoms with Gasteiger partial charge in [0.15, 0.2) is 11.6 Å². The van der Waals surface area contributed by atoms with Crippen molar-refractivity contribution in [2.75, 3.05) is 6.54 Å².